The van der Waals surface area contributed by atoms with Crippen LogP contribution in [0.4, 0.5) is 0 Å². The molecule has 0 aliphatic carbocycles. The largest absolute Gasteiger partial charge is 0.396 e. The first kappa shape index (κ1) is 16.9. The number of benzene rings is 2. The summed E-state index contributed by atoms with van der Waals surface area (Å²) < 4.78 is 0. The molecule has 128 valence electrons. The molecular formula is C20H21N3O2. The Balaban J connectivity index is 1.71. The van der Waals surface area contributed by atoms with Crippen LogP contribution in [0, 0.1) is 0 Å². The Morgan fingerprint density at radius 2 is 1.76 bits per heavy atom. The van der Waals surface area contributed by atoms with Crippen LogP contribution in [0.2, 0.25) is 0 Å². The average Bonchev–Trinajstić information content (AvgIpc) is 3.16. The van der Waals surface area contributed by atoms with E-state index < -0.39 is 0 Å². The van der Waals surface area contributed by atoms with Gasteiger partial charge in [0.05, 0.1) is 17.5 Å². The van der Waals surface area contributed by atoms with E-state index in [1.165, 1.54) is 0 Å². The zero-order valence-electron chi connectivity index (χ0n) is 13.9. The number of nitrogens with zero attached hydrogens (tertiary/aromatic N) is 1. The maximum atomic E-state index is 12.6. The number of rotatable bonds is 7. The summed E-state index contributed by atoms with van der Waals surface area (Å²) in [6.45, 7) is 0.541. The number of hydrogen-bond acceptors (Lipinski definition) is 3. The summed E-state index contributed by atoms with van der Waals surface area (Å²) in [5.74, 6) is -0.103. The van der Waals surface area contributed by atoms with Crippen molar-refractivity contribution in [2.45, 2.75) is 12.3 Å². The number of aromatic amines is 1. The van der Waals surface area contributed by atoms with E-state index >= 15 is 0 Å². The van der Waals surface area contributed by atoms with Crippen molar-refractivity contribution < 1.29 is 9.90 Å². The van der Waals surface area contributed by atoms with Crippen LogP contribution in [0.3, 0.4) is 0 Å². The third-order valence-corrected chi connectivity index (χ3v) is 4.20. The number of amides is 1. The van der Waals surface area contributed by atoms with Crippen molar-refractivity contribution in [1.82, 2.24) is 15.5 Å². The first-order valence-corrected chi connectivity index (χ1v) is 8.32. The Morgan fingerprint density at radius 1 is 1.08 bits per heavy atom. The van der Waals surface area contributed by atoms with E-state index in [0.717, 1.165) is 11.1 Å². The van der Waals surface area contributed by atoms with Gasteiger partial charge in [0.15, 0.2) is 0 Å². The smallest absolute Gasteiger partial charge is 0.255 e. The van der Waals surface area contributed by atoms with E-state index in [-0.39, 0.29) is 18.4 Å². The predicted octanol–water partition coefficient (Wildman–Crippen LogP) is 2.97. The molecule has 3 rings (SSSR count). The van der Waals surface area contributed by atoms with Gasteiger partial charge >= 0.3 is 0 Å². The number of nitrogens with one attached hydrogen (secondary N) is 2. The van der Waals surface area contributed by atoms with Gasteiger partial charge in [-0.25, -0.2) is 0 Å². The Hall–Kier alpha value is -2.92. The molecule has 0 saturated carbocycles. The molecule has 0 bridgehead atoms. The molecule has 0 fully saturated rings. The molecule has 25 heavy (non-hydrogen) atoms. The predicted molar refractivity (Wildman–Crippen MR) is 97.2 cm³/mol. The SMILES string of the molecule is O=C(NCC(CCO)c1ccccc1)c1cn[nH]c1-c1ccccc1. The van der Waals surface area contributed by atoms with E-state index in [9.17, 15) is 9.90 Å². The monoisotopic (exact) mass is 335 g/mol. The highest BCUT2D eigenvalue weighted by Crippen LogP contribution is 2.22. The molecule has 1 atom stereocenters. The molecule has 0 spiro atoms. The van der Waals surface area contributed by atoms with Crippen molar-refractivity contribution >= 4 is 5.91 Å². The lowest BCUT2D eigenvalue weighted by atomic mass is 9.96. The van der Waals surface area contributed by atoms with E-state index in [1.807, 2.05) is 60.7 Å². The summed E-state index contributed by atoms with van der Waals surface area (Å²) in [6, 6.07) is 19.5. The first-order chi connectivity index (χ1) is 12.3. The minimum atomic E-state index is -0.175. The molecule has 2 aromatic carbocycles. The van der Waals surface area contributed by atoms with E-state index in [0.29, 0.717) is 24.2 Å². The molecule has 0 saturated heterocycles. The van der Waals surface area contributed by atoms with Crippen molar-refractivity contribution in [2.75, 3.05) is 13.2 Å². The summed E-state index contributed by atoms with van der Waals surface area (Å²) in [6.07, 6.45) is 2.14. The van der Waals surface area contributed by atoms with Gasteiger partial charge in [-0.1, -0.05) is 60.7 Å². The fraction of sp³-hybridized carbons (Fsp3) is 0.200. The second-order valence-electron chi connectivity index (χ2n) is 5.85. The lowest BCUT2D eigenvalue weighted by Crippen LogP contribution is -2.29. The molecule has 5 nitrogen and oxygen atoms in total. The highest BCUT2D eigenvalue weighted by atomic mass is 16.3. The molecule has 1 aromatic heterocycles. The van der Waals surface area contributed by atoms with Crippen LogP contribution in [0.15, 0.2) is 66.9 Å². The van der Waals surface area contributed by atoms with Crippen molar-refractivity contribution in [2.24, 2.45) is 0 Å². The van der Waals surface area contributed by atoms with Gasteiger partial charge in [0, 0.05) is 24.6 Å². The molecule has 0 aliphatic heterocycles. The topological polar surface area (TPSA) is 78.0 Å². The third-order valence-electron chi connectivity index (χ3n) is 4.20. The van der Waals surface area contributed by atoms with Crippen molar-refractivity contribution in [1.29, 1.82) is 0 Å². The number of aliphatic hydroxyl groups excluding tert-OH is 1. The van der Waals surface area contributed by atoms with Crippen LogP contribution in [0.1, 0.15) is 28.3 Å². The summed E-state index contributed by atoms with van der Waals surface area (Å²) in [5, 5.41) is 19.2. The average molecular weight is 335 g/mol. The number of aromatic nitrogens is 2. The standard InChI is InChI=1S/C20H21N3O2/c24-12-11-17(15-7-3-1-4-8-15)13-21-20(25)18-14-22-23-19(18)16-9-5-2-6-10-16/h1-10,14,17,24H,11-13H2,(H,21,25)(H,22,23). The fourth-order valence-corrected chi connectivity index (χ4v) is 2.86. The van der Waals surface area contributed by atoms with Crippen LogP contribution in [-0.2, 0) is 0 Å². The summed E-state index contributed by atoms with van der Waals surface area (Å²) in [4.78, 5) is 12.6. The molecule has 1 heterocycles. The molecule has 1 unspecified atom stereocenters. The number of aliphatic hydroxyl groups is 1. The van der Waals surface area contributed by atoms with Gasteiger partial charge < -0.3 is 10.4 Å². The molecule has 5 heteroatoms. The summed E-state index contributed by atoms with van der Waals surface area (Å²) in [7, 11) is 0. The maximum absolute atomic E-state index is 12.6. The van der Waals surface area contributed by atoms with Crippen LogP contribution in [0.25, 0.3) is 11.3 Å². The number of carbonyl (C=O) groups is 1. The maximum Gasteiger partial charge on any atom is 0.255 e. The van der Waals surface area contributed by atoms with E-state index in [4.69, 9.17) is 0 Å². The number of H-pyrrole nitrogens is 1. The third kappa shape index (κ3) is 4.14. The van der Waals surface area contributed by atoms with Crippen LogP contribution >= 0.6 is 0 Å². The fourth-order valence-electron chi connectivity index (χ4n) is 2.86. The van der Waals surface area contributed by atoms with Crippen LogP contribution in [0.5, 0.6) is 0 Å². The second-order valence-corrected chi connectivity index (χ2v) is 5.85. The highest BCUT2D eigenvalue weighted by molar-refractivity contribution is 5.99. The van der Waals surface area contributed by atoms with Crippen LogP contribution < -0.4 is 5.32 Å². The highest BCUT2D eigenvalue weighted by Gasteiger charge is 2.17. The van der Waals surface area contributed by atoms with Gasteiger partial charge in [-0.3, -0.25) is 9.89 Å². The Morgan fingerprint density at radius 3 is 2.44 bits per heavy atom. The Kier molecular flexibility index (Phi) is 5.59. The van der Waals surface area contributed by atoms with Crippen LogP contribution in [-0.4, -0.2) is 34.4 Å². The minimum absolute atomic E-state index is 0.0715. The van der Waals surface area contributed by atoms with Gasteiger partial charge in [-0.15, -0.1) is 0 Å². The normalized spacial score (nSPS) is 11.9. The molecular weight excluding hydrogens is 314 g/mol. The molecule has 1 amide bonds. The van der Waals surface area contributed by atoms with Crippen molar-refractivity contribution in [3.05, 3.63) is 78.0 Å². The van der Waals surface area contributed by atoms with Gasteiger partial charge in [0.2, 0.25) is 0 Å². The zero-order valence-corrected chi connectivity index (χ0v) is 13.9. The lowest BCUT2D eigenvalue weighted by molar-refractivity contribution is 0.0950. The van der Waals surface area contributed by atoms with Gasteiger partial charge in [-0.05, 0) is 12.0 Å². The van der Waals surface area contributed by atoms with Crippen molar-refractivity contribution in [3.63, 3.8) is 0 Å². The first-order valence-electron chi connectivity index (χ1n) is 8.32. The molecule has 0 aliphatic rings. The Bertz CT molecular complexity index is 800. The zero-order chi connectivity index (χ0) is 17.5. The van der Waals surface area contributed by atoms with Gasteiger partial charge in [0.25, 0.3) is 5.91 Å². The minimum Gasteiger partial charge on any atom is -0.396 e. The number of hydrogen-bond donors (Lipinski definition) is 3. The van der Waals surface area contributed by atoms with Gasteiger partial charge in [-0.2, -0.15) is 5.10 Å². The Labute approximate surface area is 146 Å². The molecule has 3 aromatic rings. The number of carbonyl (C=O) groups excluding carboxylic acids is 1. The van der Waals surface area contributed by atoms with Crippen molar-refractivity contribution in [3.8, 4) is 11.3 Å². The van der Waals surface area contributed by atoms with E-state index in [2.05, 4.69) is 15.5 Å². The summed E-state index contributed by atoms with van der Waals surface area (Å²) in [5.41, 5.74) is 3.24. The van der Waals surface area contributed by atoms with E-state index in [1.54, 1.807) is 6.20 Å². The second kappa shape index (κ2) is 8.26. The van der Waals surface area contributed by atoms with Gasteiger partial charge in [0.1, 0.15) is 0 Å². The molecule has 3 N–H and O–H groups in total. The lowest BCUT2D eigenvalue weighted by Gasteiger charge is -2.17. The quantitative estimate of drug-likeness (QED) is 0.621. The molecule has 0 radical (unpaired) electrons. The summed E-state index contributed by atoms with van der Waals surface area (Å²) >= 11 is 0.